The Bertz CT molecular complexity index is 1020. The zero-order chi connectivity index (χ0) is 20.4. The third kappa shape index (κ3) is 3.64. The van der Waals surface area contributed by atoms with Crippen LogP contribution in [0.4, 0.5) is 0 Å². The van der Waals surface area contributed by atoms with E-state index in [1.54, 1.807) is 13.3 Å². The van der Waals surface area contributed by atoms with Crippen LogP contribution >= 0.6 is 0 Å². The lowest BCUT2D eigenvalue weighted by molar-refractivity contribution is 0.0929. The number of ether oxygens (including phenoxy) is 1. The Morgan fingerprint density at radius 2 is 2.14 bits per heavy atom. The topological polar surface area (TPSA) is 74.0 Å². The molecule has 7 nitrogen and oxygen atoms in total. The average Bonchev–Trinajstić information content (AvgIpc) is 3.35. The Hall–Kier alpha value is -3.09. The first-order valence-electron chi connectivity index (χ1n) is 10.1. The Kier molecular flexibility index (Phi) is 5.38. The molecule has 1 aliphatic rings. The second-order valence-corrected chi connectivity index (χ2v) is 7.38. The molecule has 4 rings (SSSR count). The summed E-state index contributed by atoms with van der Waals surface area (Å²) in [6.07, 6.45) is 7.71. The van der Waals surface area contributed by atoms with Crippen LogP contribution < -0.4 is 10.1 Å². The highest BCUT2D eigenvalue weighted by Gasteiger charge is 2.28. The number of benzene rings is 1. The summed E-state index contributed by atoms with van der Waals surface area (Å²) in [4.78, 5) is 18.0. The van der Waals surface area contributed by atoms with E-state index in [0.29, 0.717) is 12.2 Å². The minimum absolute atomic E-state index is 0.113. The van der Waals surface area contributed by atoms with Crippen molar-refractivity contribution in [1.29, 1.82) is 0 Å². The highest BCUT2D eigenvalue weighted by Crippen LogP contribution is 2.27. The number of fused-ring (bicyclic) bond motifs is 1. The van der Waals surface area contributed by atoms with Gasteiger partial charge in [-0.2, -0.15) is 5.10 Å². The van der Waals surface area contributed by atoms with Crippen molar-refractivity contribution in [2.24, 2.45) is 7.05 Å². The molecular weight excluding hydrogens is 366 g/mol. The van der Waals surface area contributed by atoms with Crippen LogP contribution in [-0.4, -0.2) is 32.3 Å². The lowest BCUT2D eigenvalue weighted by atomic mass is 9.95. The second-order valence-electron chi connectivity index (χ2n) is 7.38. The fraction of sp³-hybridized carbons (Fsp3) is 0.409. The predicted molar refractivity (Wildman–Crippen MR) is 110 cm³/mol. The van der Waals surface area contributed by atoms with Crippen molar-refractivity contribution in [3.8, 4) is 5.75 Å². The number of nitrogens with one attached hydrogen (secondary N) is 1. The van der Waals surface area contributed by atoms with Crippen LogP contribution in [0, 0.1) is 0 Å². The van der Waals surface area contributed by atoms with E-state index in [0.717, 1.165) is 54.1 Å². The van der Waals surface area contributed by atoms with Gasteiger partial charge >= 0.3 is 0 Å². The van der Waals surface area contributed by atoms with Crippen LogP contribution in [0.3, 0.4) is 0 Å². The SMILES string of the molecule is CCn1nc2c(c1C(=O)N[C@H](c1cccc(OC)c1)c1nccn1C)CCCC2. The lowest BCUT2D eigenvalue weighted by Crippen LogP contribution is -2.33. The fourth-order valence-electron chi connectivity index (χ4n) is 4.06. The molecular formula is C22H27N5O2. The number of methoxy groups -OCH3 is 1. The smallest absolute Gasteiger partial charge is 0.270 e. The fourth-order valence-corrected chi connectivity index (χ4v) is 4.06. The van der Waals surface area contributed by atoms with E-state index >= 15 is 0 Å². The number of carbonyl (C=O) groups excluding carboxylic acids is 1. The molecule has 1 atom stereocenters. The van der Waals surface area contributed by atoms with E-state index in [1.807, 2.05) is 53.7 Å². The van der Waals surface area contributed by atoms with Gasteiger partial charge in [0.15, 0.2) is 0 Å². The number of rotatable bonds is 6. The number of imidazole rings is 1. The standard InChI is InChI=1S/C22H27N5O2/c1-4-27-20(17-10-5-6-11-18(17)25-27)22(28)24-19(21-23-12-13-26(21)2)15-8-7-9-16(14-15)29-3/h7-9,12-14,19H,4-6,10-11H2,1-3H3,(H,24,28)/t19-/m1/s1. The summed E-state index contributed by atoms with van der Waals surface area (Å²) in [5, 5.41) is 7.91. The molecule has 29 heavy (non-hydrogen) atoms. The molecule has 0 radical (unpaired) electrons. The molecule has 0 aliphatic heterocycles. The van der Waals surface area contributed by atoms with Crippen LogP contribution in [-0.2, 0) is 26.4 Å². The Labute approximate surface area is 170 Å². The first-order valence-corrected chi connectivity index (χ1v) is 10.1. The molecule has 1 aliphatic carbocycles. The summed E-state index contributed by atoms with van der Waals surface area (Å²) in [5.74, 6) is 1.40. The van der Waals surface area contributed by atoms with Crippen molar-refractivity contribution >= 4 is 5.91 Å². The molecule has 152 valence electrons. The maximum atomic E-state index is 13.5. The quantitative estimate of drug-likeness (QED) is 0.699. The largest absolute Gasteiger partial charge is 0.497 e. The molecule has 1 amide bonds. The maximum absolute atomic E-state index is 13.5. The molecule has 0 fully saturated rings. The van der Waals surface area contributed by atoms with E-state index in [9.17, 15) is 4.79 Å². The van der Waals surface area contributed by atoms with Crippen LogP contribution in [0.1, 0.15) is 58.9 Å². The van der Waals surface area contributed by atoms with Crippen molar-refractivity contribution in [2.75, 3.05) is 7.11 Å². The molecule has 7 heteroatoms. The Morgan fingerprint density at radius 1 is 1.31 bits per heavy atom. The van der Waals surface area contributed by atoms with E-state index in [2.05, 4.69) is 10.3 Å². The summed E-state index contributed by atoms with van der Waals surface area (Å²) >= 11 is 0. The van der Waals surface area contributed by atoms with Gasteiger partial charge in [-0.1, -0.05) is 12.1 Å². The van der Waals surface area contributed by atoms with Gasteiger partial charge in [0, 0.05) is 31.5 Å². The summed E-state index contributed by atoms with van der Waals surface area (Å²) in [7, 11) is 3.57. The molecule has 1 aromatic carbocycles. The lowest BCUT2D eigenvalue weighted by Gasteiger charge is -2.21. The minimum Gasteiger partial charge on any atom is -0.497 e. The normalized spacial score (nSPS) is 14.3. The highest BCUT2D eigenvalue weighted by molar-refractivity contribution is 5.95. The van der Waals surface area contributed by atoms with Gasteiger partial charge in [-0.3, -0.25) is 9.48 Å². The van der Waals surface area contributed by atoms with E-state index in [1.165, 1.54) is 0 Å². The van der Waals surface area contributed by atoms with Gasteiger partial charge in [-0.05, 0) is 50.3 Å². The van der Waals surface area contributed by atoms with Crippen molar-refractivity contribution in [2.45, 2.75) is 45.2 Å². The van der Waals surface area contributed by atoms with Gasteiger partial charge in [0.25, 0.3) is 5.91 Å². The van der Waals surface area contributed by atoms with Gasteiger partial charge in [0.2, 0.25) is 0 Å². The third-order valence-electron chi connectivity index (χ3n) is 5.56. The second kappa shape index (κ2) is 8.11. The molecule has 2 heterocycles. The van der Waals surface area contributed by atoms with Crippen LogP contribution in [0.2, 0.25) is 0 Å². The third-order valence-corrected chi connectivity index (χ3v) is 5.56. The van der Waals surface area contributed by atoms with E-state index < -0.39 is 6.04 Å². The van der Waals surface area contributed by atoms with Crippen LogP contribution in [0.15, 0.2) is 36.7 Å². The summed E-state index contributed by atoms with van der Waals surface area (Å²) in [6.45, 7) is 2.69. The highest BCUT2D eigenvalue weighted by atomic mass is 16.5. The van der Waals surface area contributed by atoms with Gasteiger partial charge in [-0.25, -0.2) is 4.98 Å². The van der Waals surface area contributed by atoms with E-state index in [-0.39, 0.29) is 5.91 Å². The van der Waals surface area contributed by atoms with Crippen molar-refractivity contribution in [3.63, 3.8) is 0 Å². The number of hydrogen-bond donors (Lipinski definition) is 1. The first-order chi connectivity index (χ1) is 14.1. The Morgan fingerprint density at radius 3 is 2.86 bits per heavy atom. The maximum Gasteiger partial charge on any atom is 0.270 e. The summed E-state index contributed by atoms with van der Waals surface area (Å²) < 4.78 is 9.15. The minimum atomic E-state index is -0.392. The molecule has 0 saturated heterocycles. The molecule has 3 aromatic rings. The number of amides is 1. The monoisotopic (exact) mass is 393 g/mol. The zero-order valence-electron chi connectivity index (χ0n) is 17.2. The van der Waals surface area contributed by atoms with Crippen molar-refractivity contribution < 1.29 is 9.53 Å². The van der Waals surface area contributed by atoms with Crippen molar-refractivity contribution in [3.05, 3.63) is 65.0 Å². The Balaban J connectivity index is 1.73. The van der Waals surface area contributed by atoms with Gasteiger partial charge < -0.3 is 14.6 Å². The molecule has 2 aromatic heterocycles. The average molecular weight is 393 g/mol. The molecule has 0 unspecified atom stereocenters. The molecule has 0 saturated carbocycles. The number of carbonyl (C=O) groups is 1. The van der Waals surface area contributed by atoms with Crippen LogP contribution in [0.5, 0.6) is 5.75 Å². The first kappa shape index (κ1) is 19.2. The van der Waals surface area contributed by atoms with Gasteiger partial charge in [0.1, 0.15) is 23.3 Å². The van der Waals surface area contributed by atoms with E-state index in [4.69, 9.17) is 9.84 Å². The number of aromatic nitrogens is 4. The number of nitrogens with zero attached hydrogens (tertiary/aromatic N) is 4. The predicted octanol–water partition coefficient (Wildman–Crippen LogP) is 3.04. The summed E-state index contributed by atoms with van der Waals surface area (Å²) in [6, 6.07) is 7.34. The van der Waals surface area contributed by atoms with Crippen molar-refractivity contribution in [1.82, 2.24) is 24.6 Å². The van der Waals surface area contributed by atoms with Gasteiger partial charge in [-0.15, -0.1) is 0 Å². The molecule has 0 bridgehead atoms. The number of aryl methyl sites for hydroxylation is 3. The summed E-state index contributed by atoms with van der Waals surface area (Å²) in [5.41, 5.74) is 3.77. The zero-order valence-corrected chi connectivity index (χ0v) is 17.2. The van der Waals surface area contributed by atoms with Crippen LogP contribution in [0.25, 0.3) is 0 Å². The molecule has 0 spiro atoms. The molecule has 1 N–H and O–H groups in total. The van der Waals surface area contributed by atoms with Gasteiger partial charge in [0.05, 0.1) is 12.8 Å². The number of hydrogen-bond acceptors (Lipinski definition) is 4.